The van der Waals surface area contributed by atoms with E-state index in [4.69, 9.17) is 5.11 Å². The average molecular weight is 266 g/mol. The molecular weight excluding hydrogens is 248 g/mol. The lowest BCUT2D eigenvalue weighted by atomic mass is 9.93. The lowest BCUT2D eigenvalue weighted by molar-refractivity contribution is 0.0651. The van der Waals surface area contributed by atoms with Crippen molar-refractivity contribution in [3.05, 3.63) is 17.5 Å². The van der Waals surface area contributed by atoms with Gasteiger partial charge in [-0.1, -0.05) is 25.4 Å². The highest BCUT2D eigenvalue weighted by Gasteiger charge is 2.33. The molecule has 6 heteroatoms. The largest absolute Gasteiger partial charge is 0.475 e. The first-order valence-electron chi connectivity index (χ1n) is 6.53. The third kappa shape index (κ3) is 2.77. The molecule has 1 aromatic rings. The zero-order valence-electron chi connectivity index (χ0n) is 11.0. The molecule has 2 rings (SSSR count). The molecule has 104 valence electrons. The third-order valence-electron chi connectivity index (χ3n) is 4.02. The topological polar surface area (TPSA) is 92.4 Å². The van der Waals surface area contributed by atoms with Crippen molar-refractivity contribution in [2.45, 2.75) is 39.2 Å². The first kappa shape index (κ1) is 13.6. The second kappa shape index (κ2) is 5.42. The Balaban J connectivity index is 1.99. The van der Waals surface area contributed by atoms with Gasteiger partial charge in [0.25, 0.3) is 5.91 Å². The van der Waals surface area contributed by atoms with E-state index in [0.29, 0.717) is 11.8 Å². The maximum absolute atomic E-state index is 12.0. The van der Waals surface area contributed by atoms with Crippen LogP contribution in [0.4, 0.5) is 0 Å². The van der Waals surface area contributed by atoms with Crippen molar-refractivity contribution in [1.29, 1.82) is 0 Å². The number of nitrogens with zero attached hydrogens (tertiary/aromatic N) is 1. The normalized spacial score (nSPS) is 26.3. The fourth-order valence-corrected chi connectivity index (χ4v) is 2.75. The van der Waals surface area contributed by atoms with Crippen molar-refractivity contribution in [3.63, 3.8) is 0 Å². The minimum atomic E-state index is -1.23. The number of carbonyl (C=O) groups excluding carboxylic acids is 1. The number of amides is 1. The zero-order chi connectivity index (χ0) is 14.0. The number of rotatable bonds is 4. The molecule has 0 aromatic carbocycles. The van der Waals surface area contributed by atoms with Crippen LogP contribution < -0.4 is 5.32 Å². The monoisotopic (exact) mass is 266 g/mol. The van der Waals surface area contributed by atoms with Crippen LogP contribution in [0.2, 0.25) is 0 Å². The Morgan fingerprint density at radius 2 is 2.26 bits per heavy atom. The molecule has 0 bridgehead atoms. The maximum atomic E-state index is 12.0. The third-order valence-corrected chi connectivity index (χ3v) is 4.02. The van der Waals surface area contributed by atoms with Gasteiger partial charge >= 0.3 is 5.97 Å². The second-order valence-electron chi connectivity index (χ2n) is 5.07. The summed E-state index contributed by atoms with van der Waals surface area (Å²) in [6.45, 7) is 4.29. The van der Waals surface area contributed by atoms with E-state index in [9.17, 15) is 9.59 Å². The van der Waals surface area contributed by atoms with Gasteiger partial charge in [0.15, 0.2) is 5.69 Å². The quantitative estimate of drug-likeness (QED) is 0.868. The summed E-state index contributed by atoms with van der Waals surface area (Å²) >= 11 is 0. The number of aromatic carboxylic acids is 1. The summed E-state index contributed by atoms with van der Waals surface area (Å²) in [5.74, 6) is -0.857. The Morgan fingerprint density at radius 1 is 1.53 bits per heavy atom. The fourth-order valence-electron chi connectivity index (χ4n) is 2.75. The summed E-state index contributed by atoms with van der Waals surface area (Å²) < 4.78 is 4.57. The number of nitrogens with one attached hydrogen (secondary N) is 1. The van der Waals surface area contributed by atoms with Crippen molar-refractivity contribution in [1.82, 2.24) is 10.5 Å². The van der Waals surface area contributed by atoms with Crippen molar-refractivity contribution >= 4 is 11.9 Å². The zero-order valence-corrected chi connectivity index (χ0v) is 11.0. The van der Waals surface area contributed by atoms with Gasteiger partial charge in [0, 0.05) is 12.1 Å². The predicted molar refractivity (Wildman–Crippen MR) is 66.9 cm³/mol. The van der Waals surface area contributed by atoms with Crippen molar-refractivity contribution in [2.24, 2.45) is 11.8 Å². The minimum Gasteiger partial charge on any atom is -0.475 e. The molecule has 1 saturated carbocycles. The predicted octanol–water partition coefficient (Wildman–Crippen LogP) is 1.93. The van der Waals surface area contributed by atoms with Gasteiger partial charge in [-0.2, -0.15) is 0 Å². The van der Waals surface area contributed by atoms with Gasteiger partial charge in [-0.05, 0) is 24.7 Å². The number of hydrogen-bond acceptors (Lipinski definition) is 4. The summed E-state index contributed by atoms with van der Waals surface area (Å²) in [7, 11) is 0. The summed E-state index contributed by atoms with van der Waals surface area (Å²) in [4.78, 5) is 22.6. The summed E-state index contributed by atoms with van der Waals surface area (Å²) in [6, 6.07) is 1.27. The van der Waals surface area contributed by atoms with Crippen LogP contribution in [0.3, 0.4) is 0 Å². The number of carboxylic acid groups (broad SMARTS) is 1. The maximum Gasteiger partial charge on any atom is 0.374 e. The summed E-state index contributed by atoms with van der Waals surface area (Å²) in [5, 5.41) is 15.1. The minimum absolute atomic E-state index is 0.0181. The van der Waals surface area contributed by atoms with Crippen molar-refractivity contribution in [3.8, 4) is 0 Å². The Labute approximate surface area is 111 Å². The molecule has 0 aliphatic heterocycles. The molecule has 19 heavy (non-hydrogen) atoms. The number of aromatic nitrogens is 1. The molecular formula is C13H18N2O4. The first-order valence-corrected chi connectivity index (χ1v) is 6.53. The van der Waals surface area contributed by atoms with E-state index in [1.54, 1.807) is 0 Å². The first-order chi connectivity index (χ1) is 9.02. The lowest BCUT2D eigenvalue weighted by Gasteiger charge is -2.20. The molecule has 1 fully saturated rings. The molecule has 1 heterocycles. The van der Waals surface area contributed by atoms with E-state index in [1.165, 1.54) is 0 Å². The molecule has 2 N–H and O–H groups in total. The van der Waals surface area contributed by atoms with Gasteiger partial charge in [-0.3, -0.25) is 4.79 Å². The molecule has 6 nitrogen and oxygen atoms in total. The molecule has 0 radical (unpaired) electrons. The lowest BCUT2D eigenvalue weighted by Crippen LogP contribution is -2.37. The smallest absolute Gasteiger partial charge is 0.374 e. The highest BCUT2D eigenvalue weighted by atomic mass is 16.5. The van der Waals surface area contributed by atoms with Gasteiger partial charge < -0.3 is 14.9 Å². The highest BCUT2D eigenvalue weighted by molar-refractivity contribution is 5.94. The Morgan fingerprint density at radius 3 is 2.79 bits per heavy atom. The SMILES string of the molecule is CCC1CCC(NC(=O)c2cc(C(=O)O)on2)C1C. The Hall–Kier alpha value is -1.85. The highest BCUT2D eigenvalue weighted by Crippen LogP contribution is 2.33. The molecule has 0 saturated heterocycles. The van der Waals surface area contributed by atoms with Gasteiger partial charge in [0.05, 0.1) is 0 Å². The number of carboxylic acids is 1. The van der Waals surface area contributed by atoms with Gasteiger partial charge in [-0.15, -0.1) is 0 Å². The standard InChI is InChI=1S/C13H18N2O4/c1-3-8-4-5-9(7(8)2)14-12(16)10-6-11(13(17)18)19-15-10/h6-9H,3-5H2,1-2H3,(H,14,16)(H,17,18). The van der Waals surface area contributed by atoms with E-state index in [-0.39, 0.29) is 23.4 Å². The van der Waals surface area contributed by atoms with Crippen LogP contribution >= 0.6 is 0 Å². The van der Waals surface area contributed by atoms with Crippen molar-refractivity contribution in [2.75, 3.05) is 0 Å². The summed E-state index contributed by atoms with van der Waals surface area (Å²) in [6.07, 6.45) is 3.18. The molecule has 1 amide bonds. The van der Waals surface area contributed by atoms with Gasteiger partial charge in [0.2, 0.25) is 5.76 Å². The van der Waals surface area contributed by atoms with Crippen LogP contribution in [0.15, 0.2) is 10.6 Å². The van der Waals surface area contributed by atoms with Crippen LogP contribution in [0, 0.1) is 11.8 Å². The summed E-state index contributed by atoms with van der Waals surface area (Å²) in [5.41, 5.74) is 0.0181. The molecule has 3 unspecified atom stereocenters. The van der Waals surface area contributed by atoms with E-state index < -0.39 is 5.97 Å². The van der Waals surface area contributed by atoms with Crippen LogP contribution in [-0.2, 0) is 0 Å². The van der Waals surface area contributed by atoms with Crippen molar-refractivity contribution < 1.29 is 19.2 Å². The van der Waals surface area contributed by atoms with Crippen LogP contribution in [0.5, 0.6) is 0 Å². The number of hydrogen-bond donors (Lipinski definition) is 2. The molecule has 0 spiro atoms. The van der Waals surface area contributed by atoms with Gasteiger partial charge in [-0.25, -0.2) is 4.79 Å². The van der Waals surface area contributed by atoms with E-state index in [1.807, 2.05) is 0 Å². The van der Waals surface area contributed by atoms with Crippen LogP contribution in [-0.4, -0.2) is 28.2 Å². The fraction of sp³-hybridized carbons (Fsp3) is 0.615. The Bertz CT molecular complexity index is 483. The molecule has 1 aromatic heterocycles. The van der Waals surface area contributed by atoms with Gasteiger partial charge in [0.1, 0.15) is 0 Å². The van der Waals surface area contributed by atoms with Crippen LogP contribution in [0.25, 0.3) is 0 Å². The second-order valence-corrected chi connectivity index (χ2v) is 5.07. The average Bonchev–Trinajstić information content (AvgIpc) is 2.97. The molecule has 3 atom stereocenters. The Kier molecular flexibility index (Phi) is 3.87. The van der Waals surface area contributed by atoms with E-state index >= 15 is 0 Å². The molecule has 1 aliphatic rings. The molecule has 1 aliphatic carbocycles. The van der Waals surface area contributed by atoms with E-state index in [2.05, 4.69) is 28.8 Å². The van der Waals surface area contributed by atoms with Crippen LogP contribution in [0.1, 0.15) is 54.2 Å². The van der Waals surface area contributed by atoms with E-state index in [0.717, 1.165) is 25.3 Å². The number of carbonyl (C=O) groups is 2.